The second-order valence-electron chi connectivity index (χ2n) is 5.14. The number of aromatic hydroxyl groups is 1. The predicted molar refractivity (Wildman–Crippen MR) is 93.4 cm³/mol. The molecule has 0 radical (unpaired) electrons. The number of aromatic nitrogens is 1. The van der Waals surface area contributed by atoms with Crippen LogP contribution in [0.3, 0.4) is 0 Å². The summed E-state index contributed by atoms with van der Waals surface area (Å²) in [6.07, 6.45) is 0. The van der Waals surface area contributed by atoms with E-state index in [9.17, 15) is 22.7 Å². The van der Waals surface area contributed by atoms with Gasteiger partial charge < -0.3 is 10.2 Å². The number of aromatic carboxylic acids is 1. The van der Waals surface area contributed by atoms with Crippen LogP contribution in [0, 0.1) is 5.82 Å². The molecule has 0 amide bonds. The predicted octanol–water partition coefficient (Wildman–Crippen LogP) is 3.15. The third-order valence-electron chi connectivity index (χ3n) is 3.33. The lowest BCUT2D eigenvalue weighted by Gasteiger charge is -2.07. The number of anilines is 1. The maximum Gasteiger partial charge on any atom is 0.339 e. The summed E-state index contributed by atoms with van der Waals surface area (Å²) in [6.45, 7) is 0. The number of thiazole rings is 1. The minimum atomic E-state index is -4.04. The first kappa shape index (κ1) is 17.8. The molecule has 10 heteroatoms. The third kappa shape index (κ3) is 3.65. The topological polar surface area (TPSA) is 117 Å². The molecule has 7 nitrogen and oxygen atoms in total. The molecule has 3 rings (SSSR count). The van der Waals surface area contributed by atoms with E-state index in [-0.39, 0.29) is 16.3 Å². The Hall–Kier alpha value is -2.98. The van der Waals surface area contributed by atoms with E-state index in [0.717, 1.165) is 23.5 Å². The van der Waals surface area contributed by atoms with Crippen LogP contribution in [0.1, 0.15) is 10.4 Å². The molecule has 3 aromatic rings. The summed E-state index contributed by atoms with van der Waals surface area (Å²) in [4.78, 5) is 14.9. The van der Waals surface area contributed by atoms with E-state index in [2.05, 4.69) is 9.71 Å². The highest BCUT2D eigenvalue weighted by Gasteiger charge is 2.20. The SMILES string of the molecule is O=C(O)c1ccc(NS(=O)(=O)c2csc(-c3ccc(F)cc3)n2)cc1O. The fourth-order valence-electron chi connectivity index (χ4n) is 2.09. The van der Waals surface area contributed by atoms with Gasteiger partial charge in [0.25, 0.3) is 10.0 Å². The first-order chi connectivity index (χ1) is 12.3. The molecule has 0 spiro atoms. The van der Waals surface area contributed by atoms with Crippen LogP contribution >= 0.6 is 11.3 Å². The van der Waals surface area contributed by atoms with Gasteiger partial charge >= 0.3 is 5.97 Å². The summed E-state index contributed by atoms with van der Waals surface area (Å²) < 4.78 is 40.0. The molecule has 0 saturated carbocycles. The van der Waals surface area contributed by atoms with Gasteiger partial charge in [0, 0.05) is 17.0 Å². The minimum absolute atomic E-state index is 0.0103. The van der Waals surface area contributed by atoms with Gasteiger partial charge in [-0.05, 0) is 36.4 Å². The number of nitrogens with one attached hydrogen (secondary N) is 1. The van der Waals surface area contributed by atoms with Gasteiger partial charge in [-0.1, -0.05) is 0 Å². The molecule has 0 unspecified atom stereocenters. The molecular weight excluding hydrogens is 383 g/mol. The number of nitrogens with zero attached hydrogens (tertiary/aromatic N) is 1. The van der Waals surface area contributed by atoms with Crippen LogP contribution < -0.4 is 4.72 Å². The summed E-state index contributed by atoms with van der Waals surface area (Å²) in [5, 5.41) is 20.0. The summed E-state index contributed by atoms with van der Waals surface area (Å²) in [5.74, 6) is -2.31. The van der Waals surface area contributed by atoms with Gasteiger partial charge in [0.1, 0.15) is 22.1 Å². The van der Waals surface area contributed by atoms with Gasteiger partial charge in [0.05, 0.1) is 5.69 Å². The van der Waals surface area contributed by atoms with Crippen molar-refractivity contribution in [1.82, 2.24) is 4.98 Å². The van der Waals surface area contributed by atoms with Crippen molar-refractivity contribution in [3.63, 3.8) is 0 Å². The quantitative estimate of drug-likeness (QED) is 0.612. The minimum Gasteiger partial charge on any atom is -0.507 e. The number of carboxylic acid groups (broad SMARTS) is 1. The Morgan fingerprint density at radius 3 is 2.46 bits per heavy atom. The molecular formula is C16H11FN2O5S2. The molecule has 0 atom stereocenters. The largest absolute Gasteiger partial charge is 0.507 e. The van der Waals surface area contributed by atoms with Crippen LogP contribution in [0.15, 0.2) is 52.9 Å². The van der Waals surface area contributed by atoms with E-state index >= 15 is 0 Å². The van der Waals surface area contributed by atoms with Crippen LogP contribution in [0.25, 0.3) is 10.6 Å². The highest BCUT2D eigenvalue weighted by molar-refractivity contribution is 7.92. The lowest BCUT2D eigenvalue weighted by molar-refractivity contribution is 0.0694. The highest BCUT2D eigenvalue weighted by Crippen LogP contribution is 2.28. The number of hydrogen-bond acceptors (Lipinski definition) is 6. The van der Waals surface area contributed by atoms with Crippen LogP contribution in [0.2, 0.25) is 0 Å². The van der Waals surface area contributed by atoms with Crippen LogP contribution in [0.5, 0.6) is 5.75 Å². The fourth-order valence-corrected chi connectivity index (χ4v) is 4.24. The number of rotatable bonds is 5. The molecule has 0 bridgehead atoms. The molecule has 0 saturated heterocycles. The van der Waals surface area contributed by atoms with E-state index in [1.54, 1.807) is 0 Å². The lowest BCUT2D eigenvalue weighted by atomic mass is 10.2. The van der Waals surface area contributed by atoms with Gasteiger partial charge in [-0.25, -0.2) is 14.2 Å². The molecule has 0 fully saturated rings. The van der Waals surface area contributed by atoms with E-state index < -0.39 is 27.6 Å². The zero-order valence-corrected chi connectivity index (χ0v) is 14.5. The van der Waals surface area contributed by atoms with Gasteiger partial charge in [-0.3, -0.25) is 4.72 Å². The molecule has 0 aliphatic carbocycles. The number of sulfonamides is 1. The van der Waals surface area contributed by atoms with Crippen molar-refractivity contribution < 1.29 is 27.8 Å². The molecule has 0 aliphatic heterocycles. The Kier molecular flexibility index (Phi) is 4.62. The molecule has 26 heavy (non-hydrogen) atoms. The van der Waals surface area contributed by atoms with Crippen molar-refractivity contribution in [2.24, 2.45) is 0 Å². The van der Waals surface area contributed by atoms with Crippen molar-refractivity contribution in [3.8, 4) is 16.3 Å². The molecule has 0 aliphatic rings. The standard InChI is InChI=1S/C16H11FN2O5S2/c17-10-3-1-9(2-4-10)15-18-14(8-25-15)26(23,24)19-11-5-6-12(16(21)22)13(20)7-11/h1-8,19-20H,(H,21,22). The number of benzene rings is 2. The number of hydrogen-bond donors (Lipinski definition) is 3. The molecule has 1 aromatic heterocycles. The number of phenols is 1. The van der Waals surface area contributed by atoms with Crippen molar-refractivity contribution >= 4 is 33.0 Å². The molecule has 2 aromatic carbocycles. The Morgan fingerprint density at radius 1 is 1.15 bits per heavy atom. The monoisotopic (exact) mass is 394 g/mol. The average Bonchev–Trinajstić information content (AvgIpc) is 3.06. The summed E-state index contributed by atoms with van der Waals surface area (Å²) in [6, 6.07) is 8.76. The van der Waals surface area contributed by atoms with E-state index in [1.165, 1.54) is 35.7 Å². The smallest absolute Gasteiger partial charge is 0.339 e. The van der Waals surface area contributed by atoms with Crippen LogP contribution in [0.4, 0.5) is 10.1 Å². The van der Waals surface area contributed by atoms with E-state index in [4.69, 9.17) is 5.11 Å². The first-order valence-corrected chi connectivity index (χ1v) is 9.43. The first-order valence-electron chi connectivity index (χ1n) is 7.07. The molecule has 1 heterocycles. The average molecular weight is 394 g/mol. The second kappa shape index (κ2) is 6.73. The zero-order valence-electron chi connectivity index (χ0n) is 12.9. The number of carbonyl (C=O) groups is 1. The van der Waals surface area contributed by atoms with E-state index in [1.807, 2.05) is 0 Å². The van der Waals surface area contributed by atoms with E-state index in [0.29, 0.717) is 10.6 Å². The van der Waals surface area contributed by atoms with Gasteiger partial charge in [0.2, 0.25) is 0 Å². The number of carboxylic acids is 1. The van der Waals surface area contributed by atoms with Crippen molar-refractivity contribution in [2.75, 3.05) is 4.72 Å². The third-order valence-corrected chi connectivity index (χ3v) is 5.63. The normalized spacial score (nSPS) is 11.3. The Morgan fingerprint density at radius 2 is 1.85 bits per heavy atom. The molecule has 134 valence electrons. The summed E-state index contributed by atoms with van der Waals surface area (Å²) >= 11 is 1.08. The Balaban J connectivity index is 1.86. The van der Waals surface area contributed by atoms with Crippen molar-refractivity contribution in [1.29, 1.82) is 0 Å². The summed E-state index contributed by atoms with van der Waals surface area (Å²) in [7, 11) is -4.04. The Labute approximate surface area is 151 Å². The van der Waals surface area contributed by atoms with Gasteiger partial charge in [-0.2, -0.15) is 8.42 Å². The maximum atomic E-state index is 13.0. The van der Waals surface area contributed by atoms with Crippen LogP contribution in [-0.2, 0) is 10.0 Å². The summed E-state index contributed by atoms with van der Waals surface area (Å²) in [5.41, 5.74) is 0.213. The van der Waals surface area contributed by atoms with Gasteiger partial charge in [-0.15, -0.1) is 11.3 Å². The Bertz CT molecular complexity index is 1080. The lowest BCUT2D eigenvalue weighted by Crippen LogP contribution is -2.13. The number of halogens is 1. The fraction of sp³-hybridized carbons (Fsp3) is 0. The molecule has 3 N–H and O–H groups in total. The second-order valence-corrected chi connectivity index (χ2v) is 7.63. The highest BCUT2D eigenvalue weighted by atomic mass is 32.2. The van der Waals surface area contributed by atoms with Crippen molar-refractivity contribution in [2.45, 2.75) is 5.03 Å². The van der Waals surface area contributed by atoms with Gasteiger partial charge in [0.15, 0.2) is 5.03 Å². The maximum absolute atomic E-state index is 13.0. The van der Waals surface area contributed by atoms with Crippen molar-refractivity contribution in [3.05, 3.63) is 59.2 Å². The zero-order chi connectivity index (χ0) is 18.9. The van der Waals surface area contributed by atoms with Crippen LogP contribution in [-0.4, -0.2) is 29.6 Å².